The molecule has 0 aliphatic rings. The average Bonchev–Trinajstić information content (AvgIpc) is 2.91. The fourth-order valence-electron chi connectivity index (χ4n) is 1.95. The zero-order valence-electron chi connectivity index (χ0n) is 11.1. The molecule has 2 heterocycles. The Labute approximate surface area is 119 Å². The van der Waals surface area contributed by atoms with Gasteiger partial charge in [0.15, 0.2) is 5.82 Å². The van der Waals surface area contributed by atoms with Crippen LogP contribution in [0.1, 0.15) is 16.2 Å². The number of nitrogen functional groups attached to an aromatic ring is 1. The van der Waals surface area contributed by atoms with Crippen LogP contribution in [0.4, 0.5) is 11.8 Å². The molecular weight excluding hydrogens is 272 g/mol. The van der Waals surface area contributed by atoms with Gasteiger partial charge in [0.25, 0.3) is 5.91 Å². The van der Waals surface area contributed by atoms with Gasteiger partial charge in [0.1, 0.15) is 5.82 Å². The molecule has 0 fully saturated rings. The summed E-state index contributed by atoms with van der Waals surface area (Å²) in [6.07, 6.45) is 0. The number of nitrogens with two attached hydrogens (primary N) is 1. The Kier molecular flexibility index (Phi) is 3.20. The molecule has 2 aromatic heterocycles. The van der Waals surface area contributed by atoms with E-state index in [1.165, 1.54) is 0 Å². The van der Waals surface area contributed by atoms with E-state index >= 15 is 0 Å². The molecule has 1 aromatic carbocycles. The van der Waals surface area contributed by atoms with Crippen molar-refractivity contribution in [1.82, 2.24) is 15.1 Å². The van der Waals surface area contributed by atoms with Crippen molar-refractivity contribution >= 4 is 28.6 Å². The van der Waals surface area contributed by atoms with Crippen LogP contribution in [0.2, 0.25) is 0 Å². The molecule has 0 spiro atoms. The number of carbonyl (C=O) groups is 1. The Morgan fingerprint density at radius 1 is 1.29 bits per heavy atom. The van der Waals surface area contributed by atoms with Gasteiger partial charge in [-0.2, -0.15) is 4.98 Å². The summed E-state index contributed by atoms with van der Waals surface area (Å²) in [5.74, 6) is 5.83. The van der Waals surface area contributed by atoms with E-state index in [0.717, 1.165) is 0 Å². The number of hydrazine groups is 1. The number of rotatable bonds is 3. The number of fused-ring (bicyclic) bond motifs is 1. The van der Waals surface area contributed by atoms with Crippen molar-refractivity contribution in [2.24, 2.45) is 5.84 Å². The van der Waals surface area contributed by atoms with Crippen molar-refractivity contribution in [3.05, 3.63) is 41.7 Å². The molecule has 8 nitrogen and oxygen atoms in total. The van der Waals surface area contributed by atoms with E-state index in [0.29, 0.717) is 28.1 Å². The standard InChI is InChI=1S/C13H12N6O2/c1-7-15-13(21-19-7)17-12(20)9-6-11(18-14)16-10-5-3-2-4-8(9)10/h2-6H,14H2,1H3,(H,16,18)(H,15,17,19,20). The van der Waals surface area contributed by atoms with Gasteiger partial charge in [-0.15, -0.1) is 0 Å². The van der Waals surface area contributed by atoms with Crippen LogP contribution in [0, 0.1) is 6.92 Å². The highest BCUT2D eigenvalue weighted by Gasteiger charge is 2.15. The number of carbonyl (C=O) groups excluding carboxylic acids is 1. The van der Waals surface area contributed by atoms with Crippen molar-refractivity contribution in [3.8, 4) is 0 Å². The van der Waals surface area contributed by atoms with Gasteiger partial charge in [-0.05, 0) is 19.1 Å². The van der Waals surface area contributed by atoms with Crippen LogP contribution < -0.4 is 16.6 Å². The molecule has 3 rings (SSSR count). The van der Waals surface area contributed by atoms with Crippen LogP contribution in [0.25, 0.3) is 10.9 Å². The molecule has 3 aromatic rings. The summed E-state index contributed by atoms with van der Waals surface area (Å²) >= 11 is 0. The third-order valence-corrected chi connectivity index (χ3v) is 2.86. The maximum absolute atomic E-state index is 12.4. The Morgan fingerprint density at radius 3 is 2.81 bits per heavy atom. The summed E-state index contributed by atoms with van der Waals surface area (Å²) in [6.45, 7) is 1.66. The SMILES string of the molecule is Cc1noc(NC(=O)c2cc(NN)nc3ccccc23)n1. The molecule has 106 valence electrons. The number of para-hydroxylation sites is 1. The molecule has 0 aliphatic carbocycles. The minimum atomic E-state index is -0.381. The lowest BCUT2D eigenvalue weighted by molar-refractivity contribution is 0.102. The summed E-state index contributed by atoms with van der Waals surface area (Å²) in [7, 11) is 0. The zero-order valence-corrected chi connectivity index (χ0v) is 11.1. The minimum absolute atomic E-state index is 0.0423. The van der Waals surface area contributed by atoms with Gasteiger partial charge in [-0.3, -0.25) is 10.1 Å². The molecular formula is C13H12N6O2. The third-order valence-electron chi connectivity index (χ3n) is 2.86. The third kappa shape index (κ3) is 2.51. The molecule has 1 amide bonds. The number of nitrogens with zero attached hydrogens (tertiary/aromatic N) is 3. The maximum atomic E-state index is 12.4. The largest absolute Gasteiger partial charge is 0.328 e. The Balaban J connectivity index is 2.03. The van der Waals surface area contributed by atoms with Crippen LogP contribution in [0.5, 0.6) is 0 Å². The molecule has 0 bridgehead atoms. The lowest BCUT2D eigenvalue weighted by Crippen LogP contribution is -2.15. The van der Waals surface area contributed by atoms with Crippen molar-refractivity contribution in [3.63, 3.8) is 0 Å². The van der Waals surface area contributed by atoms with E-state index in [1.54, 1.807) is 25.1 Å². The average molecular weight is 284 g/mol. The van der Waals surface area contributed by atoms with Gasteiger partial charge in [0.2, 0.25) is 0 Å². The predicted molar refractivity (Wildman–Crippen MR) is 76.5 cm³/mol. The maximum Gasteiger partial charge on any atom is 0.328 e. The number of amides is 1. The number of benzene rings is 1. The Bertz CT molecular complexity index is 813. The van der Waals surface area contributed by atoms with Crippen LogP contribution >= 0.6 is 0 Å². The van der Waals surface area contributed by atoms with E-state index in [4.69, 9.17) is 10.4 Å². The number of nitrogens with one attached hydrogen (secondary N) is 2. The lowest BCUT2D eigenvalue weighted by Gasteiger charge is -2.08. The first kappa shape index (κ1) is 13.0. The Morgan fingerprint density at radius 2 is 2.10 bits per heavy atom. The van der Waals surface area contributed by atoms with E-state index < -0.39 is 0 Å². The monoisotopic (exact) mass is 284 g/mol. The number of hydrogen-bond donors (Lipinski definition) is 3. The van der Waals surface area contributed by atoms with Gasteiger partial charge < -0.3 is 9.95 Å². The molecule has 0 aliphatic heterocycles. The van der Waals surface area contributed by atoms with Gasteiger partial charge >= 0.3 is 6.01 Å². The second-order valence-corrected chi connectivity index (χ2v) is 4.32. The van der Waals surface area contributed by atoms with Crippen molar-refractivity contribution in [1.29, 1.82) is 0 Å². The van der Waals surface area contributed by atoms with Gasteiger partial charge in [-0.1, -0.05) is 23.4 Å². The van der Waals surface area contributed by atoms with Gasteiger partial charge in [0, 0.05) is 5.39 Å². The van der Waals surface area contributed by atoms with E-state index in [1.807, 2.05) is 12.1 Å². The van der Waals surface area contributed by atoms with Gasteiger partial charge in [-0.25, -0.2) is 10.8 Å². The first-order chi connectivity index (χ1) is 10.2. The summed E-state index contributed by atoms with van der Waals surface area (Å²) in [5, 5.41) is 6.86. The molecule has 0 saturated heterocycles. The normalized spacial score (nSPS) is 10.6. The summed E-state index contributed by atoms with van der Waals surface area (Å²) < 4.78 is 4.88. The topological polar surface area (TPSA) is 119 Å². The van der Waals surface area contributed by atoms with E-state index in [9.17, 15) is 4.79 Å². The van der Waals surface area contributed by atoms with E-state index in [2.05, 4.69) is 25.9 Å². The smallest absolute Gasteiger partial charge is 0.315 e. The van der Waals surface area contributed by atoms with E-state index in [-0.39, 0.29) is 11.9 Å². The van der Waals surface area contributed by atoms with Crippen molar-refractivity contribution < 1.29 is 9.32 Å². The van der Waals surface area contributed by atoms with Crippen LogP contribution in [0.15, 0.2) is 34.9 Å². The molecule has 21 heavy (non-hydrogen) atoms. The first-order valence-corrected chi connectivity index (χ1v) is 6.15. The van der Waals surface area contributed by atoms with Crippen LogP contribution in [0.3, 0.4) is 0 Å². The van der Waals surface area contributed by atoms with Gasteiger partial charge in [0.05, 0.1) is 11.1 Å². The second kappa shape index (κ2) is 5.17. The highest BCUT2D eigenvalue weighted by molar-refractivity contribution is 6.12. The zero-order chi connectivity index (χ0) is 14.8. The molecule has 0 saturated carbocycles. The molecule has 0 atom stereocenters. The minimum Gasteiger partial charge on any atom is -0.315 e. The van der Waals surface area contributed by atoms with Crippen molar-refractivity contribution in [2.75, 3.05) is 10.7 Å². The quantitative estimate of drug-likeness (QED) is 0.492. The first-order valence-electron chi connectivity index (χ1n) is 6.15. The number of aromatic nitrogens is 3. The predicted octanol–water partition coefficient (Wildman–Crippen LogP) is 1.46. The molecule has 8 heteroatoms. The van der Waals surface area contributed by atoms with Crippen LogP contribution in [-0.4, -0.2) is 21.0 Å². The number of anilines is 2. The molecule has 0 unspecified atom stereocenters. The molecule has 0 radical (unpaired) electrons. The molecule has 4 N–H and O–H groups in total. The fraction of sp³-hybridized carbons (Fsp3) is 0.0769. The van der Waals surface area contributed by atoms with Crippen LogP contribution in [-0.2, 0) is 0 Å². The number of pyridine rings is 1. The van der Waals surface area contributed by atoms with Crippen molar-refractivity contribution in [2.45, 2.75) is 6.92 Å². The summed E-state index contributed by atoms with van der Waals surface area (Å²) in [4.78, 5) is 20.6. The number of hydrogen-bond acceptors (Lipinski definition) is 7. The number of aryl methyl sites for hydroxylation is 1. The Hall–Kier alpha value is -3.00. The fourth-order valence-corrected chi connectivity index (χ4v) is 1.95. The second-order valence-electron chi connectivity index (χ2n) is 4.32. The lowest BCUT2D eigenvalue weighted by atomic mass is 10.1. The summed E-state index contributed by atoms with van der Waals surface area (Å²) in [5.41, 5.74) is 3.50. The highest BCUT2D eigenvalue weighted by Crippen LogP contribution is 2.21. The highest BCUT2D eigenvalue weighted by atomic mass is 16.5. The summed E-state index contributed by atoms with van der Waals surface area (Å²) in [6, 6.07) is 8.85.